The van der Waals surface area contributed by atoms with Gasteiger partial charge in [0, 0.05) is 0 Å². The largest absolute Gasteiger partial charge is 0.0622 e. The zero-order chi connectivity index (χ0) is 13.2. The van der Waals surface area contributed by atoms with E-state index >= 15 is 0 Å². The van der Waals surface area contributed by atoms with Crippen LogP contribution in [-0.4, -0.2) is 5.78 Å². The van der Waals surface area contributed by atoms with Gasteiger partial charge in [0.2, 0.25) is 0 Å². The second-order valence-corrected chi connectivity index (χ2v) is 5.08. The van der Waals surface area contributed by atoms with Crippen LogP contribution in [-0.2, 0) is 21.3 Å². The third-order valence-corrected chi connectivity index (χ3v) is 3.37. The molecule has 0 atom stereocenters. The number of hydrogen-bond acceptors (Lipinski definition) is 1. The molecule has 0 aliphatic rings. The van der Waals surface area contributed by atoms with Gasteiger partial charge in [-0.25, -0.2) is 0 Å². The average Bonchev–Trinajstić information content (AvgIpc) is 2.42. The van der Waals surface area contributed by atoms with Crippen molar-refractivity contribution >= 4 is 25.0 Å². The van der Waals surface area contributed by atoms with E-state index in [1.54, 1.807) is 0 Å². The molecule has 0 radical (unpaired) electrons. The molecule has 0 bridgehead atoms. The van der Waals surface area contributed by atoms with Crippen molar-refractivity contribution < 1.29 is 21.3 Å². The molecule has 0 fully saturated rings. The molecular weight excluding hydrogens is 322 g/mol. The zero-order valence-corrected chi connectivity index (χ0v) is 14.8. The maximum atomic E-state index is 9.69. The first-order chi connectivity index (χ1) is 8.72. The van der Waals surface area contributed by atoms with E-state index in [1.165, 1.54) is 23.6 Å². The molecule has 0 heterocycles. The van der Waals surface area contributed by atoms with Gasteiger partial charge in [-0.15, -0.1) is 0 Å². The van der Waals surface area contributed by atoms with E-state index in [0.29, 0.717) is 0 Å². The number of carbonyl (C=O) groups is 1. The molecule has 2 aromatic carbocycles. The first-order valence-electron chi connectivity index (χ1n) is 5.72. The molecule has 1 nitrogen and oxygen atoms in total. The van der Waals surface area contributed by atoms with Crippen molar-refractivity contribution in [1.82, 2.24) is 0 Å². The first kappa shape index (κ1) is 24.8. The third kappa shape index (κ3) is 12.2. The van der Waals surface area contributed by atoms with Gasteiger partial charge >= 0.3 is 16.5 Å². The fraction of sp³-hybridized carbons (Fsp3) is 0.0556. The molecule has 0 aliphatic heterocycles. The standard InChI is InChI=1S/C12H11P.C4H6O.2CH3.Ni.H/c1-3-7-11(8-4-1)13-12-9-5-2-6-10-12;1-3-4(2)5;;;;/h1-10,13H;3H,1H2,2H3;2*1H3;;/q;;2*-1;;. The summed E-state index contributed by atoms with van der Waals surface area (Å²) >= 11 is 0. The number of allylic oxidation sites excluding steroid dienone is 1. The fourth-order valence-corrected chi connectivity index (χ4v) is 2.26. The molecule has 0 spiro atoms. The molecule has 0 amide bonds. The molecule has 3 heteroatoms. The fourth-order valence-electron chi connectivity index (χ4n) is 1.21. The average molecular weight is 346 g/mol. The van der Waals surface area contributed by atoms with Crippen molar-refractivity contribution in [2.24, 2.45) is 0 Å². The van der Waals surface area contributed by atoms with Gasteiger partial charge in [0.1, 0.15) is 0 Å². The zero-order valence-electron chi connectivity index (χ0n) is 12.8. The Labute approximate surface area is 141 Å². The van der Waals surface area contributed by atoms with Gasteiger partial charge in [0.25, 0.3) is 0 Å². The Hall–Kier alpha value is -1.23. The summed E-state index contributed by atoms with van der Waals surface area (Å²) in [7, 11) is 0.777. The van der Waals surface area contributed by atoms with Crippen LogP contribution >= 0.6 is 8.58 Å². The Morgan fingerprint density at radius 1 is 0.905 bits per heavy atom. The van der Waals surface area contributed by atoms with Crippen molar-refractivity contribution in [1.29, 1.82) is 0 Å². The van der Waals surface area contributed by atoms with E-state index < -0.39 is 0 Å². The molecule has 0 aromatic heterocycles. The van der Waals surface area contributed by atoms with Crippen LogP contribution in [0.2, 0.25) is 0 Å². The van der Waals surface area contributed by atoms with Gasteiger partial charge in [-0.2, -0.15) is 0 Å². The van der Waals surface area contributed by atoms with E-state index in [4.69, 9.17) is 0 Å². The number of rotatable bonds is 3. The maximum Gasteiger partial charge on any atom is -0.0226 e. The van der Waals surface area contributed by atoms with Crippen molar-refractivity contribution in [2.45, 2.75) is 6.92 Å². The van der Waals surface area contributed by atoms with E-state index in [2.05, 4.69) is 67.2 Å². The maximum absolute atomic E-state index is 9.69. The summed E-state index contributed by atoms with van der Waals surface area (Å²) in [6.07, 6.45) is 1.28. The SMILES string of the molecule is C=CC(C)=O.[CH3-].[CH3-].[NiH].c1ccc(Pc2ccccc2)cc1. The van der Waals surface area contributed by atoms with E-state index in [1.807, 2.05) is 0 Å². The van der Waals surface area contributed by atoms with Crippen LogP contribution in [0.1, 0.15) is 6.92 Å². The van der Waals surface area contributed by atoms with Crippen LogP contribution in [0.5, 0.6) is 0 Å². The van der Waals surface area contributed by atoms with Gasteiger partial charge in [0.15, 0.2) is 5.78 Å². The Kier molecular flexibility index (Phi) is 17.9. The summed E-state index contributed by atoms with van der Waals surface area (Å²) in [5, 5.41) is 2.79. The van der Waals surface area contributed by atoms with E-state index in [0.717, 1.165) is 8.58 Å². The summed E-state index contributed by atoms with van der Waals surface area (Å²) in [4.78, 5) is 9.69. The molecule has 0 aliphatic carbocycles. The number of benzene rings is 2. The molecule has 0 saturated carbocycles. The Morgan fingerprint density at radius 2 is 1.19 bits per heavy atom. The van der Waals surface area contributed by atoms with Gasteiger partial charge in [0.05, 0.1) is 0 Å². The molecule has 21 heavy (non-hydrogen) atoms. The van der Waals surface area contributed by atoms with Crippen molar-refractivity contribution in [2.75, 3.05) is 0 Å². The second-order valence-electron chi connectivity index (χ2n) is 3.67. The topological polar surface area (TPSA) is 17.1 Å². The normalized spacial score (nSPS) is 7.67. The molecule has 0 unspecified atom stereocenters. The predicted molar refractivity (Wildman–Crippen MR) is 95.6 cm³/mol. The minimum absolute atomic E-state index is 0. The van der Waals surface area contributed by atoms with Crippen molar-refractivity contribution in [3.8, 4) is 0 Å². The number of ketones is 1. The molecule has 0 saturated heterocycles. The minimum Gasteiger partial charge on any atom is -0.0622 e. The van der Waals surface area contributed by atoms with Crippen LogP contribution in [0.25, 0.3) is 0 Å². The van der Waals surface area contributed by atoms with Gasteiger partial charge < -0.3 is 14.9 Å². The Balaban J connectivity index is -0.000000360. The molecule has 2 aromatic rings. The predicted octanol–water partition coefficient (Wildman–Crippen LogP) is 3.71. The van der Waals surface area contributed by atoms with Crippen molar-refractivity contribution in [3.05, 3.63) is 88.2 Å². The molecular formula is C18H24NiOP-2. The van der Waals surface area contributed by atoms with Gasteiger partial charge in [-0.3, -0.25) is 4.79 Å². The summed E-state index contributed by atoms with van der Waals surface area (Å²) in [6, 6.07) is 21.2. The van der Waals surface area contributed by atoms with E-state index in [-0.39, 0.29) is 37.1 Å². The monoisotopic (exact) mass is 345 g/mol. The van der Waals surface area contributed by atoms with E-state index in [9.17, 15) is 4.79 Å². The van der Waals surface area contributed by atoms with Gasteiger partial charge in [-0.05, 0) is 23.6 Å². The number of carbonyl (C=O) groups excluding carboxylic acids is 1. The minimum atomic E-state index is 0. The van der Waals surface area contributed by atoms with Gasteiger partial charge in [-0.1, -0.05) is 75.8 Å². The van der Waals surface area contributed by atoms with Crippen molar-refractivity contribution in [3.63, 3.8) is 0 Å². The summed E-state index contributed by atoms with van der Waals surface area (Å²) in [5.41, 5.74) is 0. The Morgan fingerprint density at radius 3 is 1.43 bits per heavy atom. The molecule has 119 valence electrons. The summed E-state index contributed by atoms with van der Waals surface area (Å²) in [6.45, 7) is 4.68. The van der Waals surface area contributed by atoms with Crippen LogP contribution in [0, 0.1) is 14.9 Å². The summed E-state index contributed by atoms with van der Waals surface area (Å²) in [5.74, 6) is 0.0185. The third-order valence-electron chi connectivity index (χ3n) is 2.12. The number of hydrogen-bond donors (Lipinski definition) is 0. The Bertz CT molecular complexity index is 446. The first-order valence-corrected chi connectivity index (χ1v) is 6.72. The van der Waals surface area contributed by atoms with Crippen LogP contribution in [0.15, 0.2) is 73.3 Å². The summed E-state index contributed by atoms with van der Waals surface area (Å²) < 4.78 is 0. The van der Waals surface area contributed by atoms with Crippen LogP contribution in [0.3, 0.4) is 0 Å². The van der Waals surface area contributed by atoms with Crippen LogP contribution < -0.4 is 10.6 Å². The van der Waals surface area contributed by atoms with Crippen LogP contribution in [0.4, 0.5) is 0 Å². The molecule has 0 N–H and O–H groups in total. The molecule has 2 rings (SSSR count). The quantitative estimate of drug-likeness (QED) is 0.359. The smallest absolute Gasteiger partial charge is 0.0226 e. The second kappa shape index (κ2) is 15.2.